The van der Waals surface area contributed by atoms with Gasteiger partial charge in [-0.3, -0.25) is 14.9 Å². The van der Waals surface area contributed by atoms with Crippen LogP contribution in [0.4, 0.5) is 11.4 Å². The highest BCUT2D eigenvalue weighted by molar-refractivity contribution is 5.92. The Morgan fingerprint density at radius 3 is 2.46 bits per heavy atom. The highest BCUT2D eigenvalue weighted by Gasteiger charge is 2.09. The van der Waals surface area contributed by atoms with E-state index in [0.717, 1.165) is 11.1 Å². The molecule has 0 heterocycles. The van der Waals surface area contributed by atoms with Crippen LogP contribution in [0, 0.1) is 17.0 Å². The molecule has 0 spiro atoms. The predicted octanol–water partition coefficient (Wildman–Crippen LogP) is 4.04. The van der Waals surface area contributed by atoms with E-state index in [1.54, 1.807) is 0 Å². The van der Waals surface area contributed by atoms with Crippen LogP contribution < -0.4 is 10.1 Å². The van der Waals surface area contributed by atoms with Crippen molar-refractivity contribution in [2.24, 2.45) is 0 Å². The van der Waals surface area contributed by atoms with Gasteiger partial charge in [0.15, 0.2) is 6.61 Å². The van der Waals surface area contributed by atoms with Crippen LogP contribution in [0.15, 0.2) is 42.5 Å². The maximum absolute atomic E-state index is 12.0. The number of hydrogen-bond donors (Lipinski definition) is 1. The molecule has 1 amide bonds. The lowest BCUT2D eigenvalue weighted by molar-refractivity contribution is -0.384. The molecular weight excluding hydrogens is 308 g/mol. The number of carbonyl (C=O) groups excluding carboxylic acids is 1. The van der Waals surface area contributed by atoms with Crippen molar-refractivity contribution in [1.82, 2.24) is 0 Å². The third-order valence-electron chi connectivity index (χ3n) is 3.60. The number of carbonyl (C=O) groups is 1. The topological polar surface area (TPSA) is 81.5 Å². The van der Waals surface area contributed by atoms with Crippen molar-refractivity contribution in [3.05, 3.63) is 63.7 Å². The minimum atomic E-state index is -0.487. The summed E-state index contributed by atoms with van der Waals surface area (Å²) >= 11 is 0. The van der Waals surface area contributed by atoms with Gasteiger partial charge in [-0.05, 0) is 42.2 Å². The minimum absolute atomic E-state index is 0.0228. The molecule has 0 atom stereocenters. The molecule has 2 rings (SSSR count). The monoisotopic (exact) mass is 328 g/mol. The summed E-state index contributed by atoms with van der Waals surface area (Å²) in [7, 11) is 0. The number of nitro groups is 1. The second-order valence-electron chi connectivity index (χ2n) is 5.82. The van der Waals surface area contributed by atoms with E-state index < -0.39 is 4.92 Å². The van der Waals surface area contributed by atoms with Gasteiger partial charge < -0.3 is 10.1 Å². The van der Waals surface area contributed by atoms with Gasteiger partial charge in [0.2, 0.25) is 0 Å². The summed E-state index contributed by atoms with van der Waals surface area (Å²) in [5.74, 6) is 0.736. The molecule has 24 heavy (non-hydrogen) atoms. The van der Waals surface area contributed by atoms with Crippen LogP contribution in [0.2, 0.25) is 0 Å². The van der Waals surface area contributed by atoms with Gasteiger partial charge in [0.05, 0.1) is 4.92 Å². The van der Waals surface area contributed by atoms with Gasteiger partial charge >= 0.3 is 0 Å². The Hall–Kier alpha value is -2.89. The molecule has 0 bridgehead atoms. The van der Waals surface area contributed by atoms with E-state index in [0.29, 0.717) is 17.4 Å². The third-order valence-corrected chi connectivity index (χ3v) is 3.60. The van der Waals surface area contributed by atoms with Gasteiger partial charge in [-0.2, -0.15) is 0 Å². The maximum atomic E-state index is 12.0. The number of hydrogen-bond acceptors (Lipinski definition) is 4. The molecule has 1 N–H and O–H groups in total. The Balaban J connectivity index is 1.96. The van der Waals surface area contributed by atoms with Gasteiger partial charge in [0.1, 0.15) is 5.75 Å². The molecule has 0 saturated heterocycles. The van der Waals surface area contributed by atoms with Gasteiger partial charge in [0, 0.05) is 17.8 Å². The van der Waals surface area contributed by atoms with Gasteiger partial charge in [-0.15, -0.1) is 0 Å². The van der Waals surface area contributed by atoms with Gasteiger partial charge in [-0.1, -0.05) is 26.0 Å². The first-order chi connectivity index (χ1) is 11.4. The van der Waals surface area contributed by atoms with Gasteiger partial charge in [-0.25, -0.2) is 0 Å². The summed E-state index contributed by atoms with van der Waals surface area (Å²) in [5.41, 5.74) is 2.57. The SMILES string of the molecule is Cc1ccc(C(C)C)cc1OCC(=O)Nc1ccc([N+](=O)[O-])cc1. The molecule has 6 heteroatoms. The molecule has 0 aromatic heterocycles. The van der Waals surface area contributed by atoms with Crippen molar-refractivity contribution in [3.8, 4) is 5.75 Å². The van der Waals surface area contributed by atoms with Crippen LogP contribution in [0.1, 0.15) is 30.9 Å². The van der Waals surface area contributed by atoms with Crippen molar-refractivity contribution in [1.29, 1.82) is 0 Å². The summed E-state index contributed by atoms with van der Waals surface area (Å²) in [4.78, 5) is 22.1. The maximum Gasteiger partial charge on any atom is 0.269 e. The van der Waals surface area contributed by atoms with E-state index in [2.05, 4.69) is 19.2 Å². The molecule has 126 valence electrons. The fourth-order valence-corrected chi connectivity index (χ4v) is 2.14. The molecule has 0 aliphatic carbocycles. The first-order valence-corrected chi connectivity index (χ1v) is 7.64. The van der Waals surface area contributed by atoms with E-state index in [4.69, 9.17) is 4.74 Å². The Labute approximate surface area is 140 Å². The van der Waals surface area contributed by atoms with Crippen molar-refractivity contribution in [3.63, 3.8) is 0 Å². The molecule has 6 nitrogen and oxygen atoms in total. The van der Waals surface area contributed by atoms with Crippen LogP contribution in [-0.4, -0.2) is 17.4 Å². The molecular formula is C18H20N2O4. The Kier molecular flexibility index (Phi) is 5.52. The molecule has 0 unspecified atom stereocenters. The van der Waals surface area contributed by atoms with Crippen LogP contribution in [0.5, 0.6) is 5.75 Å². The van der Waals surface area contributed by atoms with Gasteiger partial charge in [0.25, 0.3) is 11.6 Å². The van der Waals surface area contributed by atoms with Crippen molar-refractivity contribution in [2.45, 2.75) is 26.7 Å². The highest BCUT2D eigenvalue weighted by Crippen LogP contribution is 2.24. The van der Waals surface area contributed by atoms with Crippen molar-refractivity contribution >= 4 is 17.3 Å². The minimum Gasteiger partial charge on any atom is -0.483 e. The molecule has 0 fully saturated rings. The predicted molar refractivity (Wildman–Crippen MR) is 92.5 cm³/mol. The van der Waals surface area contributed by atoms with Crippen LogP contribution in [-0.2, 0) is 4.79 Å². The first-order valence-electron chi connectivity index (χ1n) is 7.64. The molecule has 0 saturated carbocycles. The second kappa shape index (κ2) is 7.59. The summed E-state index contributed by atoms with van der Waals surface area (Å²) in [6, 6.07) is 11.6. The summed E-state index contributed by atoms with van der Waals surface area (Å²) in [6.45, 7) is 5.98. The zero-order chi connectivity index (χ0) is 17.7. The van der Waals surface area contributed by atoms with E-state index in [-0.39, 0.29) is 18.2 Å². The number of aryl methyl sites for hydroxylation is 1. The number of benzene rings is 2. The molecule has 0 aliphatic heterocycles. The van der Waals surface area contributed by atoms with Crippen LogP contribution >= 0.6 is 0 Å². The summed E-state index contributed by atoms with van der Waals surface area (Å²) < 4.78 is 5.60. The molecule has 2 aromatic carbocycles. The number of rotatable bonds is 6. The van der Waals surface area contributed by atoms with Crippen molar-refractivity contribution < 1.29 is 14.5 Å². The lowest BCUT2D eigenvalue weighted by Crippen LogP contribution is -2.20. The molecule has 0 aliphatic rings. The number of nitrogens with one attached hydrogen (secondary N) is 1. The van der Waals surface area contributed by atoms with E-state index in [9.17, 15) is 14.9 Å². The summed E-state index contributed by atoms with van der Waals surface area (Å²) in [6.07, 6.45) is 0. The molecule has 0 radical (unpaired) electrons. The largest absolute Gasteiger partial charge is 0.483 e. The smallest absolute Gasteiger partial charge is 0.269 e. The Morgan fingerprint density at radius 2 is 1.88 bits per heavy atom. The van der Waals surface area contributed by atoms with E-state index >= 15 is 0 Å². The zero-order valence-corrected chi connectivity index (χ0v) is 13.9. The number of nitrogens with zero attached hydrogens (tertiary/aromatic N) is 1. The van der Waals surface area contributed by atoms with E-state index in [1.807, 2.05) is 25.1 Å². The number of anilines is 1. The fraction of sp³-hybridized carbons (Fsp3) is 0.278. The molecule has 2 aromatic rings. The Morgan fingerprint density at radius 1 is 1.21 bits per heavy atom. The number of ether oxygens (including phenoxy) is 1. The highest BCUT2D eigenvalue weighted by atomic mass is 16.6. The fourth-order valence-electron chi connectivity index (χ4n) is 2.14. The summed E-state index contributed by atoms with van der Waals surface area (Å²) in [5, 5.41) is 13.2. The Bertz CT molecular complexity index is 739. The lowest BCUT2D eigenvalue weighted by Gasteiger charge is -2.13. The average molecular weight is 328 g/mol. The zero-order valence-electron chi connectivity index (χ0n) is 13.9. The number of non-ortho nitro benzene ring substituents is 1. The first kappa shape index (κ1) is 17.5. The second-order valence-corrected chi connectivity index (χ2v) is 5.82. The van der Waals surface area contributed by atoms with Crippen LogP contribution in [0.25, 0.3) is 0 Å². The average Bonchev–Trinajstić information content (AvgIpc) is 2.54. The van der Waals surface area contributed by atoms with Crippen LogP contribution in [0.3, 0.4) is 0 Å². The number of amides is 1. The number of nitro benzene ring substituents is 1. The quantitative estimate of drug-likeness (QED) is 0.641. The normalized spacial score (nSPS) is 10.5. The standard InChI is InChI=1S/C18H20N2O4/c1-12(2)14-5-4-13(3)17(10-14)24-11-18(21)19-15-6-8-16(9-7-15)20(22)23/h4-10,12H,11H2,1-3H3,(H,19,21). The van der Waals surface area contributed by atoms with E-state index in [1.165, 1.54) is 24.3 Å². The van der Waals surface area contributed by atoms with Crippen molar-refractivity contribution in [2.75, 3.05) is 11.9 Å². The lowest BCUT2D eigenvalue weighted by atomic mass is 10.0. The third kappa shape index (κ3) is 4.55.